The van der Waals surface area contributed by atoms with Gasteiger partial charge in [-0.25, -0.2) is 4.79 Å². The summed E-state index contributed by atoms with van der Waals surface area (Å²) in [6, 6.07) is 7.02. The number of rotatable bonds is 3. The van der Waals surface area contributed by atoms with Crippen LogP contribution in [0.1, 0.15) is 19.8 Å². The lowest BCUT2D eigenvalue weighted by atomic mass is 9.81. The number of hydrogen-bond donors (Lipinski definition) is 3. The third-order valence-corrected chi connectivity index (χ3v) is 3.94. The van der Waals surface area contributed by atoms with Crippen LogP contribution in [0, 0.1) is 5.41 Å². The molecular formula is C14H20ClN3O. The molecule has 1 heterocycles. The number of urea groups is 1. The van der Waals surface area contributed by atoms with Gasteiger partial charge in [0.05, 0.1) is 10.7 Å². The average molecular weight is 282 g/mol. The van der Waals surface area contributed by atoms with Crippen molar-refractivity contribution in [3.05, 3.63) is 29.3 Å². The largest absolute Gasteiger partial charge is 0.337 e. The number of amides is 2. The second-order valence-corrected chi connectivity index (χ2v) is 5.76. The maximum atomic E-state index is 11.9. The summed E-state index contributed by atoms with van der Waals surface area (Å²) in [5.74, 6) is 0. The van der Waals surface area contributed by atoms with Crippen molar-refractivity contribution in [2.24, 2.45) is 5.41 Å². The van der Waals surface area contributed by atoms with Gasteiger partial charge >= 0.3 is 6.03 Å². The van der Waals surface area contributed by atoms with E-state index < -0.39 is 0 Å². The molecule has 0 saturated carbocycles. The van der Waals surface area contributed by atoms with E-state index in [0.29, 0.717) is 17.3 Å². The molecule has 1 aliphatic heterocycles. The van der Waals surface area contributed by atoms with Crippen LogP contribution in [0.25, 0.3) is 0 Å². The number of anilines is 1. The predicted molar refractivity (Wildman–Crippen MR) is 78.7 cm³/mol. The van der Waals surface area contributed by atoms with Crippen LogP contribution in [0.3, 0.4) is 0 Å². The van der Waals surface area contributed by atoms with Crippen LogP contribution in [-0.4, -0.2) is 25.7 Å². The van der Waals surface area contributed by atoms with Crippen molar-refractivity contribution in [1.82, 2.24) is 10.6 Å². The molecule has 0 bridgehead atoms. The van der Waals surface area contributed by atoms with Gasteiger partial charge < -0.3 is 16.0 Å². The minimum absolute atomic E-state index is 0.184. The zero-order valence-electron chi connectivity index (χ0n) is 11.1. The molecule has 0 spiro atoms. The first kappa shape index (κ1) is 14.2. The molecule has 1 aromatic carbocycles. The Hall–Kier alpha value is -1.26. The molecular weight excluding hydrogens is 262 g/mol. The van der Waals surface area contributed by atoms with E-state index in [2.05, 4.69) is 22.9 Å². The maximum Gasteiger partial charge on any atom is 0.319 e. The van der Waals surface area contributed by atoms with E-state index in [0.717, 1.165) is 25.9 Å². The van der Waals surface area contributed by atoms with Gasteiger partial charge in [-0.1, -0.05) is 30.7 Å². The van der Waals surface area contributed by atoms with E-state index in [-0.39, 0.29) is 11.4 Å². The van der Waals surface area contributed by atoms with Crippen LogP contribution in [-0.2, 0) is 0 Å². The van der Waals surface area contributed by atoms with Gasteiger partial charge in [0.15, 0.2) is 0 Å². The molecule has 0 radical (unpaired) electrons. The van der Waals surface area contributed by atoms with Crippen LogP contribution in [0.2, 0.25) is 5.02 Å². The first-order chi connectivity index (χ1) is 9.09. The zero-order chi connectivity index (χ0) is 13.7. The lowest BCUT2D eigenvalue weighted by molar-refractivity contribution is 0.213. The quantitative estimate of drug-likeness (QED) is 0.798. The summed E-state index contributed by atoms with van der Waals surface area (Å²) in [6.45, 7) is 4.93. The number of halogens is 1. The fourth-order valence-electron chi connectivity index (χ4n) is 2.23. The molecule has 5 heteroatoms. The van der Waals surface area contributed by atoms with Crippen LogP contribution < -0.4 is 16.0 Å². The molecule has 0 unspecified atom stereocenters. The Morgan fingerprint density at radius 1 is 1.37 bits per heavy atom. The number of para-hydroxylation sites is 1. The van der Waals surface area contributed by atoms with E-state index in [9.17, 15) is 4.79 Å². The molecule has 4 nitrogen and oxygen atoms in total. The molecule has 1 aliphatic rings. The standard InChI is InChI=1S/C14H20ClN3O/c1-14(6-8-16-9-7-14)10-17-13(19)18-12-5-3-2-4-11(12)15/h2-5,16H,6-10H2,1H3,(H2,17,18,19). The molecule has 19 heavy (non-hydrogen) atoms. The highest BCUT2D eigenvalue weighted by Crippen LogP contribution is 2.26. The predicted octanol–water partition coefficient (Wildman–Crippen LogP) is 2.85. The third kappa shape index (κ3) is 4.11. The van der Waals surface area contributed by atoms with Gasteiger partial charge in [-0.05, 0) is 43.5 Å². The topological polar surface area (TPSA) is 53.2 Å². The van der Waals surface area contributed by atoms with E-state index in [1.165, 1.54) is 0 Å². The highest BCUT2D eigenvalue weighted by molar-refractivity contribution is 6.33. The maximum absolute atomic E-state index is 11.9. The number of hydrogen-bond acceptors (Lipinski definition) is 2. The highest BCUT2D eigenvalue weighted by atomic mass is 35.5. The number of benzene rings is 1. The van der Waals surface area contributed by atoms with Gasteiger partial charge in [0.2, 0.25) is 0 Å². The Morgan fingerprint density at radius 2 is 2.05 bits per heavy atom. The molecule has 1 aromatic rings. The highest BCUT2D eigenvalue weighted by Gasteiger charge is 2.26. The Balaban J connectivity index is 1.83. The fourth-order valence-corrected chi connectivity index (χ4v) is 2.41. The van der Waals surface area contributed by atoms with Crippen molar-refractivity contribution in [2.75, 3.05) is 25.0 Å². The summed E-state index contributed by atoms with van der Waals surface area (Å²) in [6.07, 6.45) is 2.17. The Labute approximate surface area is 118 Å². The van der Waals surface area contributed by atoms with E-state index in [1.807, 2.05) is 12.1 Å². The molecule has 1 fully saturated rings. The molecule has 104 valence electrons. The number of nitrogens with one attached hydrogen (secondary N) is 3. The van der Waals surface area contributed by atoms with Crippen LogP contribution >= 0.6 is 11.6 Å². The van der Waals surface area contributed by atoms with Crippen molar-refractivity contribution >= 4 is 23.3 Å². The summed E-state index contributed by atoms with van der Waals surface area (Å²) in [5.41, 5.74) is 0.820. The Bertz CT molecular complexity index is 444. The summed E-state index contributed by atoms with van der Waals surface area (Å²) >= 11 is 5.99. The van der Waals surface area contributed by atoms with Gasteiger partial charge in [-0.2, -0.15) is 0 Å². The molecule has 0 atom stereocenters. The van der Waals surface area contributed by atoms with E-state index in [1.54, 1.807) is 12.1 Å². The first-order valence-electron chi connectivity index (χ1n) is 6.59. The zero-order valence-corrected chi connectivity index (χ0v) is 11.9. The SMILES string of the molecule is CC1(CNC(=O)Nc2ccccc2Cl)CCNCC1. The smallest absolute Gasteiger partial charge is 0.319 e. The average Bonchev–Trinajstić information content (AvgIpc) is 2.40. The lowest BCUT2D eigenvalue weighted by Gasteiger charge is -2.34. The van der Waals surface area contributed by atoms with Gasteiger partial charge in [0.25, 0.3) is 0 Å². The molecule has 0 aliphatic carbocycles. The second-order valence-electron chi connectivity index (χ2n) is 5.35. The number of carbonyl (C=O) groups excluding carboxylic acids is 1. The van der Waals surface area contributed by atoms with Crippen LogP contribution in [0.4, 0.5) is 10.5 Å². The minimum atomic E-state index is -0.201. The molecule has 3 N–H and O–H groups in total. The van der Waals surface area contributed by atoms with Gasteiger partial charge in [0, 0.05) is 6.54 Å². The van der Waals surface area contributed by atoms with Gasteiger partial charge in [0.1, 0.15) is 0 Å². The van der Waals surface area contributed by atoms with Crippen molar-refractivity contribution in [3.63, 3.8) is 0 Å². The van der Waals surface area contributed by atoms with Crippen molar-refractivity contribution in [1.29, 1.82) is 0 Å². The van der Waals surface area contributed by atoms with Crippen LogP contribution in [0.5, 0.6) is 0 Å². The summed E-state index contributed by atoms with van der Waals surface area (Å²) in [4.78, 5) is 11.9. The molecule has 2 amide bonds. The van der Waals surface area contributed by atoms with Gasteiger partial charge in [-0.15, -0.1) is 0 Å². The number of carbonyl (C=O) groups is 1. The molecule has 0 aromatic heterocycles. The molecule has 1 saturated heterocycles. The second kappa shape index (κ2) is 6.26. The molecule has 2 rings (SSSR count). The van der Waals surface area contributed by atoms with Crippen molar-refractivity contribution < 1.29 is 4.79 Å². The Morgan fingerprint density at radius 3 is 2.74 bits per heavy atom. The first-order valence-corrected chi connectivity index (χ1v) is 6.97. The fraction of sp³-hybridized carbons (Fsp3) is 0.500. The minimum Gasteiger partial charge on any atom is -0.337 e. The van der Waals surface area contributed by atoms with E-state index in [4.69, 9.17) is 11.6 Å². The van der Waals surface area contributed by atoms with Crippen molar-refractivity contribution in [3.8, 4) is 0 Å². The summed E-state index contributed by atoms with van der Waals surface area (Å²) in [7, 11) is 0. The number of piperidine rings is 1. The normalized spacial score (nSPS) is 17.8. The lowest BCUT2D eigenvalue weighted by Crippen LogP contribution is -2.44. The van der Waals surface area contributed by atoms with Crippen molar-refractivity contribution in [2.45, 2.75) is 19.8 Å². The third-order valence-electron chi connectivity index (χ3n) is 3.61. The van der Waals surface area contributed by atoms with E-state index >= 15 is 0 Å². The summed E-state index contributed by atoms with van der Waals surface area (Å²) < 4.78 is 0. The van der Waals surface area contributed by atoms with Gasteiger partial charge in [-0.3, -0.25) is 0 Å². The van der Waals surface area contributed by atoms with Crippen LogP contribution in [0.15, 0.2) is 24.3 Å². The monoisotopic (exact) mass is 281 g/mol. The Kier molecular flexibility index (Phi) is 4.66. The summed E-state index contributed by atoms with van der Waals surface area (Å²) in [5, 5.41) is 9.58.